The van der Waals surface area contributed by atoms with E-state index in [0.29, 0.717) is 5.41 Å². The number of hydrogen-bond acceptors (Lipinski definition) is 1. The van der Waals surface area contributed by atoms with Crippen molar-refractivity contribution in [2.45, 2.75) is 63.2 Å². The van der Waals surface area contributed by atoms with Gasteiger partial charge in [0.05, 0.1) is 0 Å². The summed E-state index contributed by atoms with van der Waals surface area (Å²) < 4.78 is 0. The molecule has 0 radical (unpaired) electrons. The van der Waals surface area contributed by atoms with E-state index in [2.05, 4.69) is 176 Å². The lowest BCUT2D eigenvalue weighted by atomic mass is 9.48. The predicted octanol–water partition coefficient (Wildman–Crippen LogP) is 14.9. The molecule has 7 aromatic rings. The second kappa shape index (κ2) is 11.9. The van der Waals surface area contributed by atoms with Crippen LogP contribution >= 0.6 is 0 Å². The fourth-order valence-electron chi connectivity index (χ4n) is 12.7. The fourth-order valence-corrected chi connectivity index (χ4v) is 12.7. The number of rotatable bonds is 4. The van der Waals surface area contributed by atoms with Gasteiger partial charge in [-0.05, 0) is 170 Å². The third kappa shape index (κ3) is 4.73. The highest BCUT2D eigenvalue weighted by Gasteiger charge is 2.51. The Morgan fingerprint density at radius 1 is 0.375 bits per heavy atom. The first-order chi connectivity index (χ1) is 27.4. The Morgan fingerprint density at radius 2 is 0.768 bits per heavy atom. The number of anilines is 3. The van der Waals surface area contributed by atoms with Gasteiger partial charge in [0, 0.05) is 22.5 Å². The summed E-state index contributed by atoms with van der Waals surface area (Å²) >= 11 is 0. The monoisotopic (exact) mass is 721 g/mol. The molecule has 0 atom stereocenters. The zero-order valence-corrected chi connectivity index (χ0v) is 32.4. The van der Waals surface area contributed by atoms with E-state index in [0.717, 1.165) is 17.8 Å². The molecule has 6 aliphatic carbocycles. The summed E-state index contributed by atoms with van der Waals surface area (Å²) in [6, 6.07) is 60.3. The fraction of sp³-hybridized carbons (Fsp3) is 0.236. The SMILES string of the molecule is CC1(C)c2ccccc2-c2ccc(N(c3ccc(C45CC6CC(CC(C6)C4)C5)cc3)c3ccc4c(c3)-c3ccccc3-c3ccccc3-c3ccccc3-4)cc21. The van der Waals surface area contributed by atoms with Gasteiger partial charge in [-0.2, -0.15) is 0 Å². The molecule has 4 bridgehead atoms. The third-order valence-corrected chi connectivity index (χ3v) is 14.8. The van der Waals surface area contributed by atoms with Crippen molar-refractivity contribution in [2.24, 2.45) is 17.8 Å². The van der Waals surface area contributed by atoms with Crippen molar-refractivity contribution in [2.75, 3.05) is 4.90 Å². The van der Waals surface area contributed by atoms with Gasteiger partial charge in [-0.1, -0.05) is 135 Å². The van der Waals surface area contributed by atoms with Crippen LogP contribution < -0.4 is 4.90 Å². The minimum absolute atomic E-state index is 0.0853. The van der Waals surface area contributed by atoms with Crippen molar-refractivity contribution in [1.29, 1.82) is 0 Å². The standard InChI is InChI=1S/C55H47N/c1-54(2)52-18-10-9-17-49(52)50-26-24-41(31-53(50)54)56(39-21-19-38(20-22-39)55-32-35-27-36(33-55)29-37(28-35)34-55)40-23-25-48-46-15-6-5-13-44(46)42-11-3-4-12-43(42)45-14-7-8-16-47(45)51(48)30-40/h3-26,30-31,35-37H,27-29,32-34H2,1-2H3. The quantitative estimate of drug-likeness (QED) is 0.175. The van der Waals surface area contributed by atoms with Gasteiger partial charge >= 0.3 is 0 Å². The molecule has 56 heavy (non-hydrogen) atoms. The van der Waals surface area contributed by atoms with Crippen LogP contribution in [0, 0.1) is 17.8 Å². The number of benzene rings is 7. The van der Waals surface area contributed by atoms with E-state index in [1.807, 2.05) is 0 Å². The van der Waals surface area contributed by atoms with E-state index in [9.17, 15) is 0 Å². The molecule has 0 heterocycles. The Balaban J connectivity index is 1.05. The minimum Gasteiger partial charge on any atom is -0.310 e. The first kappa shape index (κ1) is 32.6. The van der Waals surface area contributed by atoms with E-state index < -0.39 is 0 Å². The lowest BCUT2D eigenvalue weighted by Crippen LogP contribution is -2.48. The summed E-state index contributed by atoms with van der Waals surface area (Å²) in [7, 11) is 0. The molecule has 0 amide bonds. The van der Waals surface area contributed by atoms with Crippen LogP contribution in [0.3, 0.4) is 0 Å². The maximum atomic E-state index is 2.53. The zero-order chi connectivity index (χ0) is 37.2. The van der Waals surface area contributed by atoms with Crippen LogP contribution in [0.5, 0.6) is 0 Å². The van der Waals surface area contributed by atoms with E-state index >= 15 is 0 Å². The predicted molar refractivity (Wildman–Crippen MR) is 234 cm³/mol. The van der Waals surface area contributed by atoms with Crippen LogP contribution in [0.25, 0.3) is 55.6 Å². The molecule has 4 fully saturated rings. The molecular weight excluding hydrogens is 675 g/mol. The summed E-state index contributed by atoms with van der Waals surface area (Å²) in [4.78, 5) is 2.53. The molecule has 0 aliphatic heterocycles. The van der Waals surface area contributed by atoms with Gasteiger partial charge in [0.1, 0.15) is 0 Å². The van der Waals surface area contributed by atoms with Crippen LogP contribution in [-0.4, -0.2) is 0 Å². The molecule has 13 rings (SSSR count). The zero-order valence-electron chi connectivity index (χ0n) is 32.4. The summed E-state index contributed by atoms with van der Waals surface area (Å²) in [5.41, 5.74) is 21.2. The third-order valence-electron chi connectivity index (χ3n) is 14.8. The Morgan fingerprint density at radius 3 is 1.30 bits per heavy atom. The molecule has 0 N–H and O–H groups in total. The average molecular weight is 722 g/mol. The maximum Gasteiger partial charge on any atom is 0.0468 e. The Kier molecular flexibility index (Phi) is 6.93. The van der Waals surface area contributed by atoms with E-state index in [-0.39, 0.29) is 5.41 Å². The first-order valence-electron chi connectivity index (χ1n) is 21.0. The number of fused-ring (bicyclic) bond motifs is 11. The van der Waals surface area contributed by atoms with Crippen LogP contribution in [0.1, 0.15) is 69.1 Å². The topological polar surface area (TPSA) is 3.24 Å². The molecule has 0 unspecified atom stereocenters. The van der Waals surface area contributed by atoms with Crippen molar-refractivity contribution in [3.8, 4) is 55.6 Å². The van der Waals surface area contributed by atoms with E-state index in [1.165, 1.54) is 122 Å². The lowest BCUT2D eigenvalue weighted by molar-refractivity contribution is -0.00518. The molecule has 1 heteroatoms. The Labute approximate surface area is 331 Å². The van der Waals surface area contributed by atoms with Gasteiger partial charge in [-0.25, -0.2) is 0 Å². The lowest BCUT2D eigenvalue weighted by Gasteiger charge is -2.57. The summed E-state index contributed by atoms with van der Waals surface area (Å²) in [5, 5.41) is 0. The second-order valence-electron chi connectivity index (χ2n) is 18.3. The number of nitrogens with zero attached hydrogens (tertiary/aromatic N) is 1. The van der Waals surface area contributed by atoms with Crippen LogP contribution in [-0.2, 0) is 10.8 Å². The molecule has 6 aliphatic rings. The van der Waals surface area contributed by atoms with E-state index in [4.69, 9.17) is 0 Å². The second-order valence-corrected chi connectivity index (χ2v) is 18.3. The largest absolute Gasteiger partial charge is 0.310 e. The average Bonchev–Trinajstić information content (AvgIpc) is 3.45. The highest BCUT2D eigenvalue weighted by atomic mass is 15.1. The van der Waals surface area contributed by atoms with Gasteiger partial charge in [0.15, 0.2) is 0 Å². The Bertz CT molecular complexity index is 2670. The minimum atomic E-state index is -0.0853. The molecule has 4 saturated carbocycles. The molecule has 0 saturated heterocycles. The molecular formula is C55H47N. The van der Waals surface area contributed by atoms with Gasteiger partial charge < -0.3 is 4.90 Å². The highest BCUT2D eigenvalue weighted by molar-refractivity contribution is 6.04. The Hall–Kier alpha value is -5.66. The van der Waals surface area contributed by atoms with Gasteiger partial charge in [-0.3, -0.25) is 0 Å². The summed E-state index contributed by atoms with van der Waals surface area (Å²) in [6.07, 6.45) is 8.58. The van der Waals surface area contributed by atoms with Gasteiger partial charge in [0.2, 0.25) is 0 Å². The maximum absolute atomic E-state index is 2.53. The van der Waals surface area contributed by atoms with Crippen molar-refractivity contribution in [1.82, 2.24) is 0 Å². The summed E-state index contributed by atoms with van der Waals surface area (Å²) in [6.45, 7) is 4.79. The van der Waals surface area contributed by atoms with Gasteiger partial charge in [0.25, 0.3) is 0 Å². The smallest absolute Gasteiger partial charge is 0.0468 e. The van der Waals surface area contributed by atoms with E-state index in [1.54, 1.807) is 5.56 Å². The van der Waals surface area contributed by atoms with Crippen LogP contribution in [0.2, 0.25) is 0 Å². The van der Waals surface area contributed by atoms with Crippen LogP contribution in [0.4, 0.5) is 17.1 Å². The molecule has 0 aromatic heterocycles. The first-order valence-corrected chi connectivity index (χ1v) is 21.0. The van der Waals surface area contributed by atoms with Crippen molar-refractivity contribution >= 4 is 17.1 Å². The van der Waals surface area contributed by atoms with Crippen molar-refractivity contribution in [3.63, 3.8) is 0 Å². The molecule has 7 aromatic carbocycles. The highest BCUT2D eigenvalue weighted by Crippen LogP contribution is 2.61. The summed E-state index contributed by atoms with van der Waals surface area (Å²) in [5.74, 6) is 2.79. The molecule has 272 valence electrons. The van der Waals surface area contributed by atoms with Crippen molar-refractivity contribution < 1.29 is 0 Å². The number of hydrogen-bond donors (Lipinski definition) is 0. The van der Waals surface area contributed by atoms with Crippen molar-refractivity contribution in [3.05, 3.63) is 174 Å². The normalized spacial score (nSPS) is 22.8. The molecule has 0 spiro atoms. The van der Waals surface area contributed by atoms with Gasteiger partial charge in [-0.15, -0.1) is 0 Å². The molecule has 1 nitrogen and oxygen atoms in total. The van der Waals surface area contributed by atoms with Crippen LogP contribution in [0.15, 0.2) is 158 Å².